The largest absolute Gasteiger partial charge is 0.352 e. The minimum Gasteiger partial charge on any atom is -0.352 e. The zero-order valence-corrected chi connectivity index (χ0v) is 12.8. The van der Waals surface area contributed by atoms with Crippen LogP contribution in [-0.4, -0.2) is 41.4 Å². The second-order valence-corrected chi connectivity index (χ2v) is 5.49. The predicted molar refractivity (Wildman–Crippen MR) is 82.1 cm³/mol. The Balaban J connectivity index is 1.95. The third-order valence-corrected chi connectivity index (χ3v) is 3.71. The number of carbonyl (C=O) groups is 3. The summed E-state index contributed by atoms with van der Waals surface area (Å²) in [7, 11) is 0. The molecule has 1 aromatic carbocycles. The van der Waals surface area contributed by atoms with Crippen molar-refractivity contribution >= 4 is 17.8 Å². The molecule has 1 heterocycles. The highest BCUT2D eigenvalue weighted by Gasteiger charge is 2.38. The Morgan fingerprint density at radius 3 is 2.64 bits per heavy atom. The van der Waals surface area contributed by atoms with Crippen molar-refractivity contribution in [3.8, 4) is 0 Å². The van der Waals surface area contributed by atoms with Crippen LogP contribution in [0.3, 0.4) is 0 Å². The van der Waals surface area contributed by atoms with Crippen molar-refractivity contribution in [2.75, 3.05) is 6.54 Å². The van der Waals surface area contributed by atoms with E-state index < -0.39 is 12.1 Å². The molecule has 2 N–H and O–H groups in total. The summed E-state index contributed by atoms with van der Waals surface area (Å²) >= 11 is 0. The van der Waals surface area contributed by atoms with E-state index in [0.717, 1.165) is 16.9 Å². The number of benzene rings is 1. The van der Waals surface area contributed by atoms with Gasteiger partial charge in [-0.25, -0.2) is 4.79 Å². The summed E-state index contributed by atoms with van der Waals surface area (Å²) in [6, 6.07) is 8.37. The average Bonchev–Trinajstić information content (AvgIpc) is 2.75. The van der Waals surface area contributed by atoms with E-state index in [1.807, 2.05) is 44.2 Å². The molecule has 1 aliphatic rings. The molecule has 0 bridgehead atoms. The number of carbonyl (C=O) groups excluding carboxylic acids is 3. The van der Waals surface area contributed by atoms with Gasteiger partial charge in [-0.1, -0.05) is 37.3 Å². The lowest BCUT2D eigenvalue weighted by Crippen LogP contribution is -2.43. The van der Waals surface area contributed by atoms with Gasteiger partial charge in [-0.15, -0.1) is 0 Å². The summed E-state index contributed by atoms with van der Waals surface area (Å²) in [4.78, 5) is 37.0. The number of amides is 4. The number of hydrogen-bond acceptors (Lipinski definition) is 3. The highest BCUT2D eigenvalue weighted by molar-refractivity contribution is 6.06. The topological polar surface area (TPSA) is 78.5 Å². The van der Waals surface area contributed by atoms with Crippen molar-refractivity contribution < 1.29 is 14.4 Å². The number of hydrogen-bond donors (Lipinski definition) is 2. The number of urea groups is 1. The normalized spacial score (nSPS) is 19.0. The van der Waals surface area contributed by atoms with Gasteiger partial charge < -0.3 is 10.6 Å². The zero-order valence-electron chi connectivity index (χ0n) is 12.8. The molecule has 2 rings (SSSR count). The summed E-state index contributed by atoms with van der Waals surface area (Å²) in [5.41, 5.74) is 0.965. The van der Waals surface area contributed by atoms with Crippen LogP contribution >= 0.6 is 0 Å². The van der Waals surface area contributed by atoms with Crippen LogP contribution in [0.5, 0.6) is 0 Å². The maximum Gasteiger partial charge on any atom is 0.325 e. The molecule has 4 amide bonds. The van der Waals surface area contributed by atoms with Crippen LogP contribution in [0.15, 0.2) is 30.3 Å². The molecule has 1 aliphatic heterocycles. The van der Waals surface area contributed by atoms with Gasteiger partial charge in [0.05, 0.1) is 0 Å². The maximum absolute atomic E-state index is 12.3. The molecule has 1 aromatic rings. The molecule has 1 saturated heterocycles. The molecule has 1 fully saturated rings. The van der Waals surface area contributed by atoms with E-state index >= 15 is 0 Å². The minimum absolute atomic E-state index is 0.0217. The SMILES string of the molecule is CC[C@@H](C)NC(=O)CN1C(=O)N[C@@H](Cc2ccccc2)C1=O. The van der Waals surface area contributed by atoms with E-state index in [2.05, 4.69) is 10.6 Å². The standard InChI is InChI=1S/C16H21N3O3/c1-3-11(2)17-14(20)10-19-15(21)13(18-16(19)22)9-12-7-5-4-6-8-12/h4-8,11,13H,3,9-10H2,1-2H3,(H,17,20)(H,18,22)/t11-,13+/m1/s1. The van der Waals surface area contributed by atoms with E-state index in [1.165, 1.54) is 0 Å². The summed E-state index contributed by atoms with van der Waals surface area (Å²) in [5.74, 6) is -0.675. The summed E-state index contributed by atoms with van der Waals surface area (Å²) in [6.45, 7) is 3.59. The Morgan fingerprint density at radius 2 is 2.00 bits per heavy atom. The average molecular weight is 303 g/mol. The molecule has 0 aromatic heterocycles. The second kappa shape index (κ2) is 7.06. The first kappa shape index (κ1) is 16.0. The van der Waals surface area contributed by atoms with Gasteiger partial charge in [0.1, 0.15) is 12.6 Å². The first-order valence-electron chi connectivity index (χ1n) is 7.46. The maximum atomic E-state index is 12.3. The van der Waals surface area contributed by atoms with Gasteiger partial charge in [-0.2, -0.15) is 0 Å². The van der Waals surface area contributed by atoms with Crippen LogP contribution in [0, 0.1) is 0 Å². The number of nitrogens with zero attached hydrogens (tertiary/aromatic N) is 1. The van der Waals surface area contributed by atoms with Crippen molar-refractivity contribution in [3.05, 3.63) is 35.9 Å². The lowest BCUT2D eigenvalue weighted by Gasteiger charge is -2.15. The monoisotopic (exact) mass is 303 g/mol. The molecule has 0 saturated carbocycles. The van der Waals surface area contributed by atoms with E-state index in [0.29, 0.717) is 6.42 Å². The van der Waals surface area contributed by atoms with E-state index in [-0.39, 0.29) is 24.4 Å². The molecule has 2 atom stereocenters. The Kier molecular flexibility index (Phi) is 5.14. The molecule has 0 aliphatic carbocycles. The lowest BCUT2D eigenvalue weighted by atomic mass is 10.1. The summed E-state index contributed by atoms with van der Waals surface area (Å²) < 4.78 is 0. The van der Waals surface area contributed by atoms with Crippen LogP contribution in [-0.2, 0) is 16.0 Å². The van der Waals surface area contributed by atoms with Crippen molar-refractivity contribution in [3.63, 3.8) is 0 Å². The van der Waals surface area contributed by atoms with Crippen molar-refractivity contribution in [1.82, 2.24) is 15.5 Å². The molecule has 118 valence electrons. The van der Waals surface area contributed by atoms with Gasteiger partial charge in [0.15, 0.2) is 0 Å². The van der Waals surface area contributed by atoms with Crippen LogP contribution in [0.25, 0.3) is 0 Å². The van der Waals surface area contributed by atoms with Gasteiger partial charge in [-0.05, 0) is 18.9 Å². The number of rotatable bonds is 6. The van der Waals surface area contributed by atoms with Crippen molar-refractivity contribution in [2.45, 2.75) is 38.8 Å². The minimum atomic E-state index is -0.605. The third-order valence-electron chi connectivity index (χ3n) is 3.71. The number of imide groups is 1. The Bertz CT molecular complexity index is 559. The van der Waals surface area contributed by atoms with Crippen molar-refractivity contribution in [1.29, 1.82) is 0 Å². The van der Waals surface area contributed by atoms with Gasteiger partial charge in [0.25, 0.3) is 5.91 Å². The zero-order chi connectivity index (χ0) is 16.1. The van der Waals surface area contributed by atoms with Gasteiger partial charge in [0.2, 0.25) is 5.91 Å². The van der Waals surface area contributed by atoms with E-state index in [4.69, 9.17) is 0 Å². The van der Waals surface area contributed by atoms with Gasteiger partial charge in [0, 0.05) is 12.5 Å². The fourth-order valence-electron chi connectivity index (χ4n) is 2.28. The van der Waals surface area contributed by atoms with Crippen molar-refractivity contribution in [2.24, 2.45) is 0 Å². The van der Waals surface area contributed by atoms with Crippen LogP contribution in [0.4, 0.5) is 4.79 Å². The first-order valence-corrected chi connectivity index (χ1v) is 7.46. The molecule has 6 heteroatoms. The number of nitrogens with one attached hydrogen (secondary N) is 2. The van der Waals surface area contributed by atoms with E-state index in [9.17, 15) is 14.4 Å². The van der Waals surface area contributed by atoms with Gasteiger partial charge >= 0.3 is 6.03 Å². The summed E-state index contributed by atoms with van der Waals surface area (Å²) in [6.07, 6.45) is 1.22. The van der Waals surface area contributed by atoms with Crippen LogP contribution in [0.2, 0.25) is 0 Å². The fraction of sp³-hybridized carbons (Fsp3) is 0.438. The Labute approximate surface area is 129 Å². The molecule has 22 heavy (non-hydrogen) atoms. The highest BCUT2D eigenvalue weighted by Crippen LogP contribution is 2.12. The second-order valence-electron chi connectivity index (χ2n) is 5.49. The van der Waals surface area contributed by atoms with Crippen LogP contribution < -0.4 is 10.6 Å². The highest BCUT2D eigenvalue weighted by atomic mass is 16.2. The third kappa shape index (κ3) is 3.84. The molecule has 6 nitrogen and oxygen atoms in total. The molecule has 0 unspecified atom stereocenters. The molecular formula is C16H21N3O3. The lowest BCUT2D eigenvalue weighted by molar-refractivity contribution is -0.132. The van der Waals surface area contributed by atoms with E-state index in [1.54, 1.807) is 0 Å². The molecule has 0 radical (unpaired) electrons. The molecule has 0 spiro atoms. The predicted octanol–water partition coefficient (Wildman–Crippen LogP) is 1.06. The van der Waals surface area contributed by atoms with Crippen LogP contribution in [0.1, 0.15) is 25.8 Å². The Hall–Kier alpha value is -2.37. The Morgan fingerprint density at radius 1 is 1.32 bits per heavy atom. The quantitative estimate of drug-likeness (QED) is 0.771. The fourth-order valence-corrected chi connectivity index (χ4v) is 2.28. The van der Waals surface area contributed by atoms with Gasteiger partial charge in [-0.3, -0.25) is 14.5 Å². The summed E-state index contributed by atoms with van der Waals surface area (Å²) in [5, 5.41) is 5.38. The molecular weight excluding hydrogens is 282 g/mol. The first-order chi connectivity index (χ1) is 10.5. The smallest absolute Gasteiger partial charge is 0.325 e.